The first kappa shape index (κ1) is 14.3. The van der Waals surface area contributed by atoms with Gasteiger partial charge in [0, 0.05) is 23.8 Å². The monoisotopic (exact) mass is 304 g/mol. The molecule has 0 aliphatic carbocycles. The highest BCUT2D eigenvalue weighted by molar-refractivity contribution is 6.17. The topological polar surface area (TPSA) is 16.1 Å². The number of aromatic nitrogens is 1. The van der Waals surface area contributed by atoms with Crippen LogP contribution >= 0.6 is 11.6 Å². The van der Waals surface area contributed by atoms with Crippen LogP contribution in [0.5, 0.6) is 0 Å². The van der Waals surface area contributed by atoms with E-state index in [0.717, 1.165) is 48.6 Å². The number of pyridine rings is 1. The lowest BCUT2D eigenvalue weighted by Crippen LogP contribution is -2.16. The lowest BCUT2D eigenvalue weighted by molar-refractivity contribution is 0.628. The summed E-state index contributed by atoms with van der Waals surface area (Å²) in [6.45, 7) is 2.97. The molecule has 0 atom stereocenters. The van der Waals surface area contributed by atoms with Gasteiger partial charge in [-0.3, -0.25) is 0 Å². The van der Waals surface area contributed by atoms with Gasteiger partial charge in [-0.1, -0.05) is 19.4 Å². The van der Waals surface area contributed by atoms with E-state index in [2.05, 4.69) is 17.9 Å². The number of hydrogen-bond acceptors (Lipinski definition) is 2. The van der Waals surface area contributed by atoms with Gasteiger partial charge in [0.05, 0.1) is 0 Å². The summed E-state index contributed by atoms with van der Waals surface area (Å²) >= 11 is 6.00. The SMILES string of the molecule is CCCc1cc(CCl)cc(N2CCc3ccc(F)cc32)n1. The predicted octanol–water partition coefficient (Wildman–Crippen LogP) is 4.61. The summed E-state index contributed by atoms with van der Waals surface area (Å²) in [6.07, 6.45) is 2.90. The molecule has 0 saturated heterocycles. The molecule has 1 aliphatic heterocycles. The molecular weight excluding hydrogens is 287 g/mol. The summed E-state index contributed by atoms with van der Waals surface area (Å²) in [6, 6.07) is 9.04. The standard InChI is InChI=1S/C17H18ClFN2/c1-2-3-15-8-12(11-18)9-17(20-15)21-7-6-13-4-5-14(19)10-16(13)21/h4-5,8-10H,2-3,6-7,11H2,1H3. The number of halogens is 2. The molecule has 0 amide bonds. The van der Waals surface area contributed by atoms with Crippen LogP contribution in [-0.2, 0) is 18.7 Å². The smallest absolute Gasteiger partial charge is 0.133 e. The van der Waals surface area contributed by atoms with Gasteiger partial charge in [-0.15, -0.1) is 11.6 Å². The maximum absolute atomic E-state index is 13.5. The molecular formula is C17H18ClFN2. The van der Waals surface area contributed by atoms with Gasteiger partial charge >= 0.3 is 0 Å². The molecule has 0 fully saturated rings. The van der Waals surface area contributed by atoms with Crippen molar-refractivity contribution in [2.45, 2.75) is 32.1 Å². The molecule has 0 radical (unpaired) electrons. The van der Waals surface area contributed by atoms with Crippen molar-refractivity contribution >= 4 is 23.1 Å². The molecule has 1 aromatic carbocycles. The van der Waals surface area contributed by atoms with Gasteiger partial charge in [0.1, 0.15) is 11.6 Å². The minimum Gasteiger partial charge on any atom is -0.326 e. The van der Waals surface area contributed by atoms with E-state index < -0.39 is 0 Å². The van der Waals surface area contributed by atoms with Gasteiger partial charge in [-0.05, 0) is 48.2 Å². The highest BCUT2D eigenvalue weighted by Crippen LogP contribution is 2.34. The van der Waals surface area contributed by atoms with Gasteiger partial charge in [0.25, 0.3) is 0 Å². The fourth-order valence-corrected chi connectivity index (χ4v) is 2.98. The third kappa shape index (κ3) is 2.88. The zero-order valence-corrected chi connectivity index (χ0v) is 12.8. The number of nitrogens with zero attached hydrogens (tertiary/aromatic N) is 2. The number of hydrogen-bond donors (Lipinski definition) is 0. The Morgan fingerprint density at radius 1 is 1.29 bits per heavy atom. The number of alkyl halides is 1. The van der Waals surface area contributed by atoms with E-state index in [-0.39, 0.29) is 5.82 Å². The molecule has 1 aliphatic rings. The average Bonchev–Trinajstić information content (AvgIpc) is 2.90. The molecule has 0 saturated carbocycles. The second kappa shape index (κ2) is 6.02. The Kier molecular flexibility index (Phi) is 4.11. The van der Waals surface area contributed by atoms with Crippen molar-refractivity contribution in [1.29, 1.82) is 0 Å². The summed E-state index contributed by atoms with van der Waals surface area (Å²) in [7, 11) is 0. The second-order valence-electron chi connectivity index (χ2n) is 5.38. The Balaban J connectivity index is 2.02. The third-order valence-electron chi connectivity index (χ3n) is 3.80. The molecule has 2 heterocycles. The van der Waals surface area contributed by atoms with Crippen molar-refractivity contribution in [1.82, 2.24) is 4.98 Å². The van der Waals surface area contributed by atoms with Gasteiger partial charge in [-0.2, -0.15) is 0 Å². The van der Waals surface area contributed by atoms with Crippen LogP contribution in [0.1, 0.15) is 30.2 Å². The first-order chi connectivity index (χ1) is 10.2. The van der Waals surface area contributed by atoms with E-state index in [1.807, 2.05) is 12.1 Å². The average molecular weight is 305 g/mol. The molecule has 2 nitrogen and oxygen atoms in total. The number of benzene rings is 1. The fourth-order valence-electron chi connectivity index (χ4n) is 2.82. The largest absolute Gasteiger partial charge is 0.326 e. The maximum atomic E-state index is 13.5. The van der Waals surface area contributed by atoms with Crippen LogP contribution in [0.2, 0.25) is 0 Å². The van der Waals surface area contributed by atoms with Crippen LogP contribution in [0.4, 0.5) is 15.9 Å². The molecule has 0 spiro atoms. The van der Waals surface area contributed by atoms with Crippen LogP contribution in [0.15, 0.2) is 30.3 Å². The van der Waals surface area contributed by atoms with Crippen molar-refractivity contribution in [3.8, 4) is 0 Å². The normalized spacial score (nSPS) is 13.6. The molecule has 2 aromatic rings. The Morgan fingerprint density at radius 3 is 2.90 bits per heavy atom. The van der Waals surface area contributed by atoms with E-state index in [9.17, 15) is 4.39 Å². The van der Waals surface area contributed by atoms with Crippen molar-refractivity contribution in [3.05, 3.63) is 53.0 Å². The zero-order valence-electron chi connectivity index (χ0n) is 12.1. The number of anilines is 2. The summed E-state index contributed by atoms with van der Waals surface area (Å²) in [5.41, 5.74) is 4.22. The van der Waals surface area contributed by atoms with E-state index in [1.54, 1.807) is 6.07 Å². The zero-order chi connectivity index (χ0) is 14.8. The van der Waals surface area contributed by atoms with E-state index in [0.29, 0.717) is 5.88 Å². The van der Waals surface area contributed by atoms with Crippen molar-refractivity contribution < 1.29 is 4.39 Å². The van der Waals surface area contributed by atoms with Crippen LogP contribution in [0.3, 0.4) is 0 Å². The Hall–Kier alpha value is -1.61. The molecule has 1 aromatic heterocycles. The maximum Gasteiger partial charge on any atom is 0.133 e. The van der Waals surface area contributed by atoms with Crippen molar-refractivity contribution in [2.24, 2.45) is 0 Å². The quantitative estimate of drug-likeness (QED) is 0.767. The van der Waals surface area contributed by atoms with Gasteiger partial charge in [0.2, 0.25) is 0 Å². The number of fused-ring (bicyclic) bond motifs is 1. The lowest BCUT2D eigenvalue weighted by Gasteiger charge is -2.20. The van der Waals surface area contributed by atoms with Crippen LogP contribution < -0.4 is 4.90 Å². The fraction of sp³-hybridized carbons (Fsp3) is 0.353. The second-order valence-corrected chi connectivity index (χ2v) is 5.65. The summed E-state index contributed by atoms with van der Waals surface area (Å²) < 4.78 is 13.5. The molecule has 0 N–H and O–H groups in total. The van der Waals surface area contributed by atoms with Gasteiger partial charge in [-0.25, -0.2) is 9.37 Å². The Morgan fingerprint density at radius 2 is 2.14 bits per heavy atom. The molecule has 3 rings (SSSR count). The molecule has 0 bridgehead atoms. The lowest BCUT2D eigenvalue weighted by atomic mass is 10.1. The number of aryl methyl sites for hydroxylation is 1. The van der Waals surface area contributed by atoms with Gasteiger partial charge in [0.15, 0.2) is 0 Å². The van der Waals surface area contributed by atoms with E-state index in [4.69, 9.17) is 16.6 Å². The Bertz CT molecular complexity index is 657. The predicted molar refractivity (Wildman–Crippen MR) is 84.9 cm³/mol. The highest BCUT2D eigenvalue weighted by Gasteiger charge is 2.22. The van der Waals surface area contributed by atoms with Crippen LogP contribution in [-0.4, -0.2) is 11.5 Å². The molecule has 4 heteroatoms. The van der Waals surface area contributed by atoms with Crippen molar-refractivity contribution in [2.75, 3.05) is 11.4 Å². The minimum absolute atomic E-state index is 0.206. The third-order valence-corrected chi connectivity index (χ3v) is 4.11. The van der Waals surface area contributed by atoms with E-state index in [1.165, 1.54) is 11.6 Å². The Labute approximate surface area is 129 Å². The summed E-state index contributed by atoms with van der Waals surface area (Å²) in [5.74, 6) is 1.14. The van der Waals surface area contributed by atoms with Crippen LogP contribution in [0.25, 0.3) is 0 Å². The van der Waals surface area contributed by atoms with Crippen LogP contribution in [0, 0.1) is 5.82 Å². The van der Waals surface area contributed by atoms with Gasteiger partial charge < -0.3 is 4.90 Å². The first-order valence-corrected chi connectivity index (χ1v) is 7.86. The minimum atomic E-state index is -0.206. The molecule has 110 valence electrons. The number of rotatable bonds is 4. The highest BCUT2D eigenvalue weighted by atomic mass is 35.5. The summed E-state index contributed by atoms with van der Waals surface area (Å²) in [5, 5.41) is 0. The van der Waals surface area contributed by atoms with Crippen molar-refractivity contribution in [3.63, 3.8) is 0 Å². The van der Waals surface area contributed by atoms with E-state index >= 15 is 0 Å². The molecule has 21 heavy (non-hydrogen) atoms. The molecule has 0 unspecified atom stereocenters. The summed E-state index contributed by atoms with van der Waals surface area (Å²) in [4.78, 5) is 6.82. The first-order valence-electron chi connectivity index (χ1n) is 7.33.